The Labute approximate surface area is 120 Å². The van der Waals surface area contributed by atoms with Gasteiger partial charge in [0.15, 0.2) is 0 Å². The predicted molar refractivity (Wildman–Crippen MR) is 78.8 cm³/mol. The second kappa shape index (κ2) is 5.66. The van der Waals surface area contributed by atoms with Gasteiger partial charge in [-0.25, -0.2) is 0 Å². The van der Waals surface area contributed by atoms with E-state index in [4.69, 9.17) is 4.74 Å². The number of benzene rings is 1. The maximum absolute atomic E-state index is 11.7. The Morgan fingerprint density at radius 1 is 1.35 bits per heavy atom. The molecule has 1 aliphatic heterocycles. The van der Waals surface area contributed by atoms with E-state index in [1.807, 2.05) is 18.2 Å². The number of rotatable bonds is 4. The third-order valence-corrected chi connectivity index (χ3v) is 4.82. The van der Waals surface area contributed by atoms with Gasteiger partial charge in [-0.15, -0.1) is 0 Å². The van der Waals surface area contributed by atoms with E-state index in [9.17, 15) is 4.79 Å². The van der Waals surface area contributed by atoms with Crippen molar-refractivity contribution >= 4 is 6.29 Å². The monoisotopic (exact) mass is 273 g/mol. The van der Waals surface area contributed by atoms with Gasteiger partial charge in [0.25, 0.3) is 0 Å². The van der Waals surface area contributed by atoms with E-state index in [0.717, 1.165) is 31.5 Å². The molecule has 2 fully saturated rings. The summed E-state index contributed by atoms with van der Waals surface area (Å²) in [6.07, 6.45) is 5.12. The Bertz CT molecular complexity index is 461. The van der Waals surface area contributed by atoms with Crippen LogP contribution >= 0.6 is 0 Å². The summed E-state index contributed by atoms with van der Waals surface area (Å²) < 4.78 is 5.86. The van der Waals surface area contributed by atoms with E-state index in [1.165, 1.54) is 19.3 Å². The molecule has 0 spiro atoms. The first kappa shape index (κ1) is 13.8. The number of carbonyl (C=O) groups excluding carboxylic acids is 1. The Hall–Kier alpha value is -1.19. The van der Waals surface area contributed by atoms with Crippen molar-refractivity contribution < 1.29 is 9.53 Å². The van der Waals surface area contributed by atoms with E-state index < -0.39 is 5.41 Å². The van der Waals surface area contributed by atoms with Crippen molar-refractivity contribution in [1.29, 1.82) is 0 Å². The maximum Gasteiger partial charge on any atom is 0.131 e. The molecular formula is C17H23NO2. The number of aldehydes is 1. The molecule has 3 nitrogen and oxygen atoms in total. The topological polar surface area (TPSA) is 29.5 Å². The van der Waals surface area contributed by atoms with E-state index in [1.54, 1.807) is 0 Å². The summed E-state index contributed by atoms with van der Waals surface area (Å²) in [4.78, 5) is 14.2. The van der Waals surface area contributed by atoms with Crippen molar-refractivity contribution in [3.8, 4) is 0 Å². The summed E-state index contributed by atoms with van der Waals surface area (Å²) in [5.74, 6) is 0. The highest BCUT2D eigenvalue weighted by Gasteiger charge is 2.39. The number of carbonyl (C=O) groups is 1. The van der Waals surface area contributed by atoms with Gasteiger partial charge in [0.2, 0.25) is 0 Å². The SMILES string of the molecule is CC(C=O)(CN1CCOC2CCCC21)c1ccccc1. The molecule has 1 aromatic rings. The fourth-order valence-corrected chi connectivity index (χ4v) is 3.64. The number of morpholine rings is 1. The first-order chi connectivity index (χ1) is 9.73. The molecule has 3 rings (SSSR count). The number of ether oxygens (including phenoxy) is 1. The van der Waals surface area contributed by atoms with Crippen LogP contribution in [0.15, 0.2) is 30.3 Å². The highest BCUT2D eigenvalue weighted by atomic mass is 16.5. The zero-order valence-corrected chi connectivity index (χ0v) is 12.1. The Kier molecular flexibility index (Phi) is 3.90. The highest BCUT2D eigenvalue weighted by molar-refractivity contribution is 5.68. The molecule has 3 heteroatoms. The standard InChI is InChI=1S/C17H23NO2/c1-17(13-19,14-6-3-2-4-7-14)12-18-10-11-20-16-9-5-8-15(16)18/h2-4,6-7,13,15-16H,5,8-12H2,1H3. The first-order valence-electron chi connectivity index (χ1n) is 7.60. The molecule has 0 aromatic heterocycles. The number of hydrogen-bond donors (Lipinski definition) is 0. The summed E-state index contributed by atoms with van der Waals surface area (Å²) >= 11 is 0. The van der Waals surface area contributed by atoms with Gasteiger partial charge in [-0.05, 0) is 31.7 Å². The number of hydrogen-bond acceptors (Lipinski definition) is 3. The molecule has 20 heavy (non-hydrogen) atoms. The molecule has 108 valence electrons. The summed E-state index contributed by atoms with van der Waals surface area (Å²) in [6, 6.07) is 10.6. The van der Waals surface area contributed by atoms with Crippen LogP contribution < -0.4 is 0 Å². The molecule has 1 heterocycles. The van der Waals surface area contributed by atoms with Crippen LogP contribution in [0.25, 0.3) is 0 Å². The van der Waals surface area contributed by atoms with Crippen molar-refractivity contribution in [1.82, 2.24) is 4.90 Å². The van der Waals surface area contributed by atoms with Crippen LogP contribution in [0, 0.1) is 0 Å². The van der Waals surface area contributed by atoms with Crippen LogP contribution in [-0.4, -0.2) is 43.0 Å². The van der Waals surface area contributed by atoms with Gasteiger partial charge in [0.1, 0.15) is 6.29 Å². The van der Waals surface area contributed by atoms with Gasteiger partial charge in [-0.1, -0.05) is 30.3 Å². The van der Waals surface area contributed by atoms with Crippen molar-refractivity contribution in [2.24, 2.45) is 0 Å². The van der Waals surface area contributed by atoms with Crippen molar-refractivity contribution in [2.75, 3.05) is 19.7 Å². The summed E-state index contributed by atoms with van der Waals surface area (Å²) in [5, 5.41) is 0. The molecule has 3 atom stereocenters. The normalized spacial score (nSPS) is 29.6. The average Bonchev–Trinajstić information content (AvgIpc) is 2.98. The summed E-state index contributed by atoms with van der Waals surface area (Å²) in [5.41, 5.74) is 0.683. The van der Waals surface area contributed by atoms with Crippen LogP contribution in [0.1, 0.15) is 31.7 Å². The smallest absolute Gasteiger partial charge is 0.131 e. The van der Waals surface area contributed by atoms with Crippen LogP contribution in [0.2, 0.25) is 0 Å². The van der Waals surface area contributed by atoms with Gasteiger partial charge < -0.3 is 9.53 Å². The molecule has 1 aromatic carbocycles. The Morgan fingerprint density at radius 2 is 2.15 bits per heavy atom. The Morgan fingerprint density at radius 3 is 2.90 bits per heavy atom. The lowest BCUT2D eigenvalue weighted by Gasteiger charge is -2.41. The molecule has 0 radical (unpaired) electrons. The van der Waals surface area contributed by atoms with E-state index >= 15 is 0 Å². The second-order valence-corrected chi connectivity index (χ2v) is 6.28. The van der Waals surface area contributed by atoms with Crippen LogP contribution in [0.4, 0.5) is 0 Å². The van der Waals surface area contributed by atoms with Gasteiger partial charge >= 0.3 is 0 Å². The maximum atomic E-state index is 11.7. The van der Waals surface area contributed by atoms with Gasteiger partial charge in [0.05, 0.1) is 18.1 Å². The van der Waals surface area contributed by atoms with Crippen molar-refractivity contribution in [2.45, 2.75) is 43.7 Å². The second-order valence-electron chi connectivity index (χ2n) is 6.28. The van der Waals surface area contributed by atoms with Gasteiger partial charge in [-0.2, -0.15) is 0 Å². The quantitative estimate of drug-likeness (QED) is 0.789. The summed E-state index contributed by atoms with van der Waals surface area (Å²) in [7, 11) is 0. The molecule has 1 saturated heterocycles. The highest BCUT2D eigenvalue weighted by Crippen LogP contribution is 2.32. The van der Waals surface area contributed by atoms with Gasteiger partial charge in [0, 0.05) is 19.1 Å². The zero-order chi connectivity index (χ0) is 14.0. The minimum atomic E-state index is -0.425. The number of fused-ring (bicyclic) bond motifs is 1. The third-order valence-electron chi connectivity index (χ3n) is 4.82. The van der Waals surface area contributed by atoms with E-state index in [2.05, 4.69) is 24.0 Å². The van der Waals surface area contributed by atoms with Gasteiger partial charge in [-0.3, -0.25) is 4.90 Å². The largest absolute Gasteiger partial charge is 0.375 e. The molecule has 3 unspecified atom stereocenters. The lowest BCUT2D eigenvalue weighted by Crippen LogP contribution is -2.53. The van der Waals surface area contributed by atoms with E-state index in [-0.39, 0.29) is 0 Å². The lowest BCUT2D eigenvalue weighted by molar-refractivity contribution is -0.115. The van der Waals surface area contributed by atoms with Crippen LogP contribution in [0.5, 0.6) is 0 Å². The molecule has 2 aliphatic rings. The molecule has 0 N–H and O–H groups in total. The molecule has 1 saturated carbocycles. The van der Waals surface area contributed by atoms with Crippen molar-refractivity contribution in [3.05, 3.63) is 35.9 Å². The zero-order valence-electron chi connectivity index (χ0n) is 12.1. The first-order valence-corrected chi connectivity index (χ1v) is 7.60. The summed E-state index contributed by atoms with van der Waals surface area (Å²) in [6.45, 7) is 4.59. The molecule has 1 aliphatic carbocycles. The minimum Gasteiger partial charge on any atom is -0.375 e. The molecular weight excluding hydrogens is 250 g/mol. The number of nitrogens with zero attached hydrogens (tertiary/aromatic N) is 1. The van der Waals surface area contributed by atoms with Crippen molar-refractivity contribution in [3.63, 3.8) is 0 Å². The third kappa shape index (κ3) is 2.52. The lowest BCUT2D eigenvalue weighted by atomic mass is 9.83. The fraction of sp³-hybridized carbons (Fsp3) is 0.588. The average molecular weight is 273 g/mol. The Balaban J connectivity index is 1.79. The fourth-order valence-electron chi connectivity index (χ4n) is 3.64. The van der Waals surface area contributed by atoms with E-state index in [0.29, 0.717) is 12.1 Å². The predicted octanol–water partition coefficient (Wildman–Crippen LogP) is 2.40. The molecule has 0 bridgehead atoms. The minimum absolute atomic E-state index is 0.385. The van der Waals surface area contributed by atoms with Crippen LogP contribution in [0.3, 0.4) is 0 Å². The van der Waals surface area contributed by atoms with Crippen LogP contribution in [-0.2, 0) is 14.9 Å². The molecule has 0 amide bonds.